The minimum atomic E-state index is -4.53. The molecule has 390 valence electrons. The van der Waals surface area contributed by atoms with Crippen LogP contribution in [0.3, 0.4) is 0 Å². The predicted molar refractivity (Wildman–Crippen MR) is 267 cm³/mol. The molecule has 0 aliphatic carbocycles. The lowest BCUT2D eigenvalue weighted by atomic mass is 10.0. The first kappa shape index (κ1) is 64.3. The van der Waals surface area contributed by atoms with Gasteiger partial charge >= 0.3 is 19.8 Å². The molecule has 12 nitrogen and oxygen atoms in total. The molecule has 0 fully saturated rings. The van der Waals surface area contributed by atoms with Crippen molar-refractivity contribution < 1.29 is 56.6 Å². The molecule has 0 rings (SSSR count). The Bertz CT molecular complexity index is 1170. The standard InChI is InChI=1S/C53H101O12P/c1-4-7-9-11-13-15-17-19-21-23-25-27-29-31-33-36-49(54)39-40-51(65-53(57)38-34-32-30-28-26-24-22-20-18-16-14-12-10-8-5-2)48-64-66(58,59)63-43-35-37-50(55)41-45-62-52(56)42-44-61-47-46-60-6-3/h51H,4-48H2,1-3H3,(H,58,59). The van der Waals surface area contributed by atoms with Crippen molar-refractivity contribution in [3.63, 3.8) is 0 Å². The lowest BCUT2D eigenvalue weighted by Gasteiger charge is -2.20. The fourth-order valence-corrected chi connectivity index (χ4v) is 8.65. The molecule has 1 N–H and O–H groups in total. The van der Waals surface area contributed by atoms with E-state index in [-0.39, 0.29) is 82.9 Å². The van der Waals surface area contributed by atoms with E-state index in [1.807, 2.05) is 6.92 Å². The van der Waals surface area contributed by atoms with Crippen LogP contribution in [0, 0.1) is 0 Å². The Hall–Kier alpha value is -1.69. The van der Waals surface area contributed by atoms with Crippen molar-refractivity contribution in [2.45, 2.75) is 271 Å². The Morgan fingerprint density at radius 2 is 0.833 bits per heavy atom. The number of ether oxygens (including phenoxy) is 4. The van der Waals surface area contributed by atoms with Gasteiger partial charge < -0.3 is 23.8 Å². The van der Waals surface area contributed by atoms with Gasteiger partial charge in [0.1, 0.15) is 17.7 Å². The third-order valence-electron chi connectivity index (χ3n) is 12.0. The van der Waals surface area contributed by atoms with Crippen LogP contribution in [0.5, 0.6) is 0 Å². The highest BCUT2D eigenvalue weighted by atomic mass is 31.2. The molecule has 0 aliphatic heterocycles. The van der Waals surface area contributed by atoms with E-state index in [1.165, 1.54) is 148 Å². The third-order valence-corrected chi connectivity index (χ3v) is 13.0. The quantitative estimate of drug-likeness (QED) is 0.0349. The molecule has 0 aromatic carbocycles. The van der Waals surface area contributed by atoms with Crippen molar-refractivity contribution in [1.29, 1.82) is 0 Å². The predicted octanol–water partition coefficient (Wildman–Crippen LogP) is 14.6. The smallest absolute Gasteiger partial charge is 0.465 e. The molecule has 0 saturated heterocycles. The molecule has 0 aliphatic rings. The largest absolute Gasteiger partial charge is 0.472 e. The van der Waals surface area contributed by atoms with Gasteiger partial charge in [-0.15, -0.1) is 0 Å². The molecular formula is C53H101O12P. The van der Waals surface area contributed by atoms with E-state index >= 15 is 0 Å². The number of carbonyl (C=O) groups is 4. The average molecular weight is 961 g/mol. The highest BCUT2D eigenvalue weighted by Crippen LogP contribution is 2.43. The molecule has 0 spiro atoms. The van der Waals surface area contributed by atoms with Gasteiger partial charge in [0, 0.05) is 38.7 Å². The molecular weight excluding hydrogens is 860 g/mol. The molecule has 0 bridgehead atoms. The summed E-state index contributed by atoms with van der Waals surface area (Å²) in [6.07, 6.45) is 37.9. The van der Waals surface area contributed by atoms with E-state index in [1.54, 1.807) is 0 Å². The molecule has 0 aromatic heterocycles. The normalized spacial score (nSPS) is 12.8. The summed E-state index contributed by atoms with van der Waals surface area (Å²) in [4.78, 5) is 60.2. The number of rotatable bonds is 54. The lowest BCUT2D eigenvalue weighted by molar-refractivity contribution is -0.152. The van der Waals surface area contributed by atoms with Gasteiger partial charge in [-0.1, -0.05) is 194 Å². The van der Waals surface area contributed by atoms with Crippen LogP contribution in [-0.2, 0) is 51.7 Å². The van der Waals surface area contributed by atoms with E-state index in [2.05, 4.69) is 13.8 Å². The van der Waals surface area contributed by atoms with Crippen molar-refractivity contribution in [3.05, 3.63) is 0 Å². The minimum absolute atomic E-state index is 0.0227. The van der Waals surface area contributed by atoms with Gasteiger partial charge in [-0.05, 0) is 32.6 Å². The molecule has 0 radical (unpaired) electrons. The first-order valence-corrected chi connectivity index (χ1v) is 28.8. The van der Waals surface area contributed by atoms with Crippen LogP contribution in [0.15, 0.2) is 0 Å². The number of esters is 2. The number of hydrogen-bond donors (Lipinski definition) is 1. The molecule has 2 atom stereocenters. The Morgan fingerprint density at radius 1 is 0.409 bits per heavy atom. The molecule has 0 amide bonds. The van der Waals surface area contributed by atoms with E-state index < -0.39 is 25.9 Å². The van der Waals surface area contributed by atoms with Crippen LogP contribution in [0.2, 0.25) is 0 Å². The Kier molecular flexibility index (Phi) is 48.4. The summed E-state index contributed by atoms with van der Waals surface area (Å²) < 4.78 is 44.3. The zero-order chi connectivity index (χ0) is 48.4. The molecule has 0 aromatic rings. The summed E-state index contributed by atoms with van der Waals surface area (Å²) in [5.41, 5.74) is 0. The van der Waals surface area contributed by atoms with Gasteiger partial charge in [0.25, 0.3) is 0 Å². The Morgan fingerprint density at radius 3 is 1.32 bits per heavy atom. The second kappa shape index (κ2) is 49.7. The number of phosphoric ester groups is 1. The monoisotopic (exact) mass is 961 g/mol. The van der Waals surface area contributed by atoms with Crippen LogP contribution >= 0.6 is 7.82 Å². The SMILES string of the molecule is CCCCCCCCCCCCCCCCCC(=O)CCC(COP(=O)(O)OCCCC(=O)CCOC(=O)CCOCCOCC)OC(=O)CCCCCCCCCCCCCCCCC. The van der Waals surface area contributed by atoms with Crippen molar-refractivity contribution >= 4 is 31.3 Å². The number of carbonyl (C=O) groups excluding carboxylic acids is 4. The number of unbranched alkanes of at least 4 members (excludes halogenated alkanes) is 28. The summed E-state index contributed by atoms with van der Waals surface area (Å²) in [6, 6.07) is 0. The second-order valence-electron chi connectivity index (χ2n) is 18.4. The first-order chi connectivity index (χ1) is 32.1. The van der Waals surface area contributed by atoms with Crippen molar-refractivity contribution in [1.82, 2.24) is 0 Å². The third kappa shape index (κ3) is 48.8. The lowest BCUT2D eigenvalue weighted by Crippen LogP contribution is -2.24. The van der Waals surface area contributed by atoms with Gasteiger partial charge in [-0.2, -0.15) is 0 Å². The van der Waals surface area contributed by atoms with Gasteiger partial charge in [-0.3, -0.25) is 28.2 Å². The van der Waals surface area contributed by atoms with Gasteiger partial charge in [0.05, 0.1) is 46.1 Å². The maximum Gasteiger partial charge on any atom is 0.472 e. The van der Waals surface area contributed by atoms with E-state index in [0.29, 0.717) is 32.7 Å². The van der Waals surface area contributed by atoms with Crippen molar-refractivity contribution in [2.24, 2.45) is 0 Å². The summed E-state index contributed by atoms with van der Waals surface area (Å²) >= 11 is 0. The van der Waals surface area contributed by atoms with Gasteiger partial charge in [0.15, 0.2) is 0 Å². The number of phosphoric acid groups is 1. The van der Waals surface area contributed by atoms with Crippen LogP contribution in [0.25, 0.3) is 0 Å². The maximum absolute atomic E-state index is 12.9. The molecule has 0 saturated carbocycles. The van der Waals surface area contributed by atoms with Crippen LogP contribution in [-0.4, -0.2) is 80.8 Å². The molecule has 0 heterocycles. The number of ketones is 2. The Balaban J connectivity index is 4.54. The first-order valence-electron chi connectivity index (χ1n) is 27.3. The topological polar surface area (TPSA) is 161 Å². The van der Waals surface area contributed by atoms with Gasteiger partial charge in [0.2, 0.25) is 0 Å². The molecule has 2 unspecified atom stereocenters. The molecule has 13 heteroatoms. The van der Waals surface area contributed by atoms with Gasteiger partial charge in [-0.25, -0.2) is 4.57 Å². The summed E-state index contributed by atoms with van der Waals surface area (Å²) in [5, 5.41) is 0. The average Bonchev–Trinajstić information content (AvgIpc) is 3.29. The van der Waals surface area contributed by atoms with Crippen molar-refractivity contribution in [2.75, 3.05) is 46.2 Å². The fourth-order valence-electron chi connectivity index (χ4n) is 7.86. The maximum atomic E-state index is 12.9. The second-order valence-corrected chi connectivity index (χ2v) is 19.8. The highest BCUT2D eigenvalue weighted by Gasteiger charge is 2.26. The van der Waals surface area contributed by atoms with Crippen LogP contribution in [0.4, 0.5) is 0 Å². The Labute approximate surface area is 403 Å². The number of Topliss-reactive ketones (excluding diaryl/α,β-unsaturated/α-hetero) is 2. The van der Waals surface area contributed by atoms with E-state index in [9.17, 15) is 28.6 Å². The van der Waals surface area contributed by atoms with Crippen LogP contribution < -0.4 is 0 Å². The van der Waals surface area contributed by atoms with Crippen molar-refractivity contribution in [3.8, 4) is 0 Å². The number of hydrogen-bond acceptors (Lipinski definition) is 11. The minimum Gasteiger partial charge on any atom is -0.465 e. The summed E-state index contributed by atoms with van der Waals surface area (Å²) in [6.45, 7) is 7.41. The molecule has 66 heavy (non-hydrogen) atoms. The fraction of sp³-hybridized carbons (Fsp3) is 0.925. The van der Waals surface area contributed by atoms with E-state index in [0.717, 1.165) is 38.5 Å². The summed E-state index contributed by atoms with van der Waals surface area (Å²) in [7, 11) is -4.53. The highest BCUT2D eigenvalue weighted by molar-refractivity contribution is 7.47. The zero-order valence-electron chi connectivity index (χ0n) is 42.8. The summed E-state index contributed by atoms with van der Waals surface area (Å²) in [5.74, 6) is -0.960. The van der Waals surface area contributed by atoms with E-state index in [4.69, 9.17) is 28.0 Å². The zero-order valence-corrected chi connectivity index (χ0v) is 43.7. The van der Waals surface area contributed by atoms with Crippen LogP contribution in [0.1, 0.15) is 265 Å².